The van der Waals surface area contributed by atoms with Crippen LogP contribution >= 0.6 is 0 Å². The van der Waals surface area contributed by atoms with Crippen molar-refractivity contribution in [3.8, 4) is 5.75 Å². The van der Waals surface area contributed by atoms with Crippen molar-refractivity contribution >= 4 is 5.91 Å². The second-order valence-electron chi connectivity index (χ2n) is 7.85. The molecule has 1 aromatic carbocycles. The maximum Gasteiger partial charge on any atom is 0.224 e. The van der Waals surface area contributed by atoms with E-state index in [0.717, 1.165) is 31.4 Å². The number of carbonyl (C=O) groups is 1. The molecule has 2 atom stereocenters. The van der Waals surface area contributed by atoms with Crippen LogP contribution in [-0.2, 0) is 10.2 Å². The fourth-order valence-corrected chi connectivity index (χ4v) is 3.94. The first-order valence-corrected chi connectivity index (χ1v) is 8.70. The lowest BCUT2D eigenvalue weighted by atomic mass is 9.85. The van der Waals surface area contributed by atoms with Crippen LogP contribution in [-0.4, -0.2) is 29.8 Å². The van der Waals surface area contributed by atoms with E-state index in [-0.39, 0.29) is 29.4 Å². The Kier molecular flexibility index (Phi) is 3.24. The molecule has 0 unspecified atom stereocenters. The Bertz CT molecular complexity index is 650. The number of amides is 1. The lowest BCUT2D eigenvalue weighted by Crippen LogP contribution is -2.42. The Hall–Kier alpha value is -1.55. The third-order valence-electron chi connectivity index (χ3n) is 5.95. The Morgan fingerprint density at radius 3 is 2.83 bits per heavy atom. The molecule has 1 spiro atoms. The van der Waals surface area contributed by atoms with Crippen molar-refractivity contribution in [1.82, 2.24) is 5.32 Å². The van der Waals surface area contributed by atoms with Crippen LogP contribution in [0.15, 0.2) is 18.2 Å². The smallest absolute Gasteiger partial charge is 0.224 e. The fourth-order valence-electron chi connectivity index (χ4n) is 3.94. The molecular formula is C19H25NO3. The lowest BCUT2D eigenvalue weighted by Gasteiger charge is -2.28. The molecule has 4 nitrogen and oxygen atoms in total. The van der Waals surface area contributed by atoms with E-state index in [1.54, 1.807) is 0 Å². The van der Waals surface area contributed by atoms with Crippen LogP contribution in [0.4, 0.5) is 0 Å². The molecule has 4 rings (SSSR count). The molecule has 2 saturated carbocycles. The van der Waals surface area contributed by atoms with E-state index >= 15 is 0 Å². The number of hydrogen-bond acceptors (Lipinski definition) is 3. The monoisotopic (exact) mass is 315 g/mol. The van der Waals surface area contributed by atoms with Crippen molar-refractivity contribution < 1.29 is 14.6 Å². The van der Waals surface area contributed by atoms with Gasteiger partial charge in [0.2, 0.25) is 5.91 Å². The van der Waals surface area contributed by atoms with Gasteiger partial charge in [0.05, 0.1) is 18.8 Å². The van der Waals surface area contributed by atoms with E-state index in [1.807, 2.05) is 0 Å². The van der Waals surface area contributed by atoms with Crippen LogP contribution in [0.25, 0.3) is 0 Å². The molecule has 2 N–H and O–H groups in total. The van der Waals surface area contributed by atoms with Gasteiger partial charge in [0, 0.05) is 16.9 Å². The van der Waals surface area contributed by atoms with Gasteiger partial charge >= 0.3 is 0 Å². The molecular weight excluding hydrogens is 290 g/mol. The first-order chi connectivity index (χ1) is 11.0. The summed E-state index contributed by atoms with van der Waals surface area (Å²) in [6.07, 6.45) is 3.60. The van der Waals surface area contributed by atoms with Gasteiger partial charge in [0.15, 0.2) is 0 Å². The molecule has 0 aromatic heterocycles. The average Bonchev–Trinajstić information content (AvgIpc) is 3.44. The van der Waals surface area contributed by atoms with E-state index < -0.39 is 0 Å². The Balaban J connectivity index is 1.59. The minimum atomic E-state index is -0.325. The normalized spacial score (nSPS) is 29.8. The van der Waals surface area contributed by atoms with Crippen LogP contribution in [0.1, 0.15) is 56.6 Å². The summed E-state index contributed by atoms with van der Waals surface area (Å²) >= 11 is 0. The van der Waals surface area contributed by atoms with Gasteiger partial charge in [-0.05, 0) is 43.2 Å². The number of aliphatic hydroxyl groups excluding tert-OH is 1. The molecule has 0 bridgehead atoms. The molecule has 1 aromatic rings. The molecule has 0 saturated heterocycles. The SMILES string of the molecule is CC(C)c1ccc2c(c1)[C@]1(CCO2)C[C@H]1C(=O)NC1(CO)CC1. The minimum Gasteiger partial charge on any atom is -0.493 e. The van der Waals surface area contributed by atoms with Crippen molar-refractivity contribution in [3.63, 3.8) is 0 Å². The van der Waals surface area contributed by atoms with E-state index in [2.05, 4.69) is 37.4 Å². The number of ether oxygens (including phenoxy) is 1. The molecule has 1 aliphatic heterocycles. The summed E-state index contributed by atoms with van der Waals surface area (Å²) in [4.78, 5) is 12.7. The summed E-state index contributed by atoms with van der Waals surface area (Å²) in [6, 6.07) is 6.44. The third kappa shape index (κ3) is 2.35. The highest BCUT2D eigenvalue weighted by atomic mass is 16.5. The van der Waals surface area contributed by atoms with Gasteiger partial charge in [-0.1, -0.05) is 26.0 Å². The molecule has 2 aliphatic carbocycles. The molecule has 124 valence electrons. The highest BCUT2D eigenvalue weighted by molar-refractivity contribution is 5.86. The summed E-state index contributed by atoms with van der Waals surface area (Å²) in [5, 5.41) is 12.5. The number of carbonyl (C=O) groups excluding carboxylic acids is 1. The predicted molar refractivity (Wildman–Crippen MR) is 87.6 cm³/mol. The lowest BCUT2D eigenvalue weighted by molar-refractivity contribution is -0.124. The highest BCUT2D eigenvalue weighted by Crippen LogP contribution is 2.61. The number of benzene rings is 1. The number of rotatable bonds is 4. The summed E-state index contributed by atoms with van der Waals surface area (Å²) in [5.41, 5.74) is 2.14. The maximum atomic E-state index is 12.7. The first-order valence-electron chi connectivity index (χ1n) is 8.70. The molecule has 0 radical (unpaired) electrons. The van der Waals surface area contributed by atoms with Crippen molar-refractivity contribution in [1.29, 1.82) is 0 Å². The van der Waals surface area contributed by atoms with Crippen LogP contribution in [0, 0.1) is 5.92 Å². The van der Waals surface area contributed by atoms with Gasteiger partial charge in [-0.15, -0.1) is 0 Å². The van der Waals surface area contributed by atoms with E-state index in [1.165, 1.54) is 11.1 Å². The highest BCUT2D eigenvalue weighted by Gasteiger charge is 2.62. The zero-order valence-electron chi connectivity index (χ0n) is 13.9. The topological polar surface area (TPSA) is 58.6 Å². The number of hydrogen-bond donors (Lipinski definition) is 2. The summed E-state index contributed by atoms with van der Waals surface area (Å²) in [6.45, 7) is 5.11. The van der Waals surface area contributed by atoms with Crippen molar-refractivity contribution in [2.24, 2.45) is 5.92 Å². The van der Waals surface area contributed by atoms with Crippen LogP contribution in [0.2, 0.25) is 0 Å². The standard InChI is InChI=1S/C19H25NO3/c1-12(2)13-3-4-16-14(9-13)19(7-8-23-16)10-15(19)17(22)20-18(11-21)5-6-18/h3-4,9,12,15,21H,5-8,10-11H2,1-2H3,(H,20,22)/t15-,19-/m0/s1. The fraction of sp³-hybridized carbons (Fsp3) is 0.632. The van der Waals surface area contributed by atoms with E-state index in [0.29, 0.717) is 12.5 Å². The second-order valence-corrected chi connectivity index (χ2v) is 7.85. The molecule has 2 fully saturated rings. The first kappa shape index (κ1) is 15.0. The average molecular weight is 315 g/mol. The molecule has 1 amide bonds. The zero-order chi connectivity index (χ0) is 16.2. The number of aliphatic hydroxyl groups is 1. The summed E-state index contributed by atoms with van der Waals surface area (Å²) in [7, 11) is 0. The van der Waals surface area contributed by atoms with Gasteiger partial charge in [0.1, 0.15) is 5.75 Å². The molecule has 1 heterocycles. The summed E-state index contributed by atoms with van der Waals surface area (Å²) < 4.78 is 5.82. The van der Waals surface area contributed by atoms with Gasteiger partial charge in [-0.2, -0.15) is 0 Å². The number of fused-ring (bicyclic) bond motifs is 2. The van der Waals surface area contributed by atoms with Crippen molar-refractivity contribution in [2.45, 2.75) is 56.4 Å². The Morgan fingerprint density at radius 1 is 1.39 bits per heavy atom. The van der Waals surface area contributed by atoms with Gasteiger partial charge in [0.25, 0.3) is 0 Å². The zero-order valence-corrected chi connectivity index (χ0v) is 13.9. The maximum absolute atomic E-state index is 12.7. The Morgan fingerprint density at radius 2 is 2.17 bits per heavy atom. The quantitative estimate of drug-likeness (QED) is 0.897. The predicted octanol–water partition coefficient (Wildman–Crippen LogP) is 2.49. The van der Waals surface area contributed by atoms with Crippen LogP contribution in [0.5, 0.6) is 5.75 Å². The molecule has 3 aliphatic rings. The van der Waals surface area contributed by atoms with E-state index in [9.17, 15) is 9.90 Å². The van der Waals surface area contributed by atoms with Crippen LogP contribution in [0.3, 0.4) is 0 Å². The molecule has 23 heavy (non-hydrogen) atoms. The third-order valence-corrected chi connectivity index (χ3v) is 5.95. The van der Waals surface area contributed by atoms with Gasteiger partial charge in [-0.25, -0.2) is 0 Å². The minimum absolute atomic E-state index is 0.0246. The second kappa shape index (κ2) is 4.97. The summed E-state index contributed by atoms with van der Waals surface area (Å²) in [5.74, 6) is 1.55. The molecule has 4 heteroatoms. The van der Waals surface area contributed by atoms with Crippen LogP contribution < -0.4 is 10.1 Å². The van der Waals surface area contributed by atoms with Crippen molar-refractivity contribution in [3.05, 3.63) is 29.3 Å². The van der Waals surface area contributed by atoms with Gasteiger partial charge < -0.3 is 15.2 Å². The van der Waals surface area contributed by atoms with Crippen molar-refractivity contribution in [2.75, 3.05) is 13.2 Å². The van der Waals surface area contributed by atoms with E-state index in [4.69, 9.17) is 4.74 Å². The Labute approximate surface area is 137 Å². The number of nitrogens with one attached hydrogen (secondary N) is 1. The largest absolute Gasteiger partial charge is 0.493 e. The van der Waals surface area contributed by atoms with Gasteiger partial charge in [-0.3, -0.25) is 4.79 Å².